The zero-order valence-corrected chi connectivity index (χ0v) is 12.4. The average Bonchev–Trinajstić information content (AvgIpc) is 3.02. The molecule has 1 aromatic carbocycles. The summed E-state index contributed by atoms with van der Waals surface area (Å²) in [6, 6.07) is 9.82. The van der Waals surface area contributed by atoms with Crippen LogP contribution in [0.15, 0.2) is 40.9 Å². The first kappa shape index (κ1) is 15.8. The number of aromatic nitrogens is 1. The number of amides is 1. The van der Waals surface area contributed by atoms with Crippen LogP contribution in [0.25, 0.3) is 11.3 Å². The minimum Gasteiger partial charge on any atom is -0.480 e. The smallest absolute Gasteiger partial charge is 0.326 e. The van der Waals surface area contributed by atoms with E-state index in [4.69, 9.17) is 4.52 Å². The van der Waals surface area contributed by atoms with Gasteiger partial charge in [0.25, 0.3) is 5.91 Å². The number of carbonyl (C=O) groups is 2. The standard InChI is InChI=1S/C16H18N2O4/c1-3-10(2)14(16(20)21)17-15(19)13-9-12(18-22-13)11-7-5-4-6-8-11/h4-10,14H,3H2,1-2H3,(H,17,19)(H,20,21). The van der Waals surface area contributed by atoms with Gasteiger partial charge in [-0.3, -0.25) is 4.79 Å². The lowest BCUT2D eigenvalue weighted by atomic mass is 9.99. The SMILES string of the molecule is CCC(C)C(NC(=O)c1cc(-c2ccccc2)no1)C(=O)O. The van der Waals surface area contributed by atoms with E-state index >= 15 is 0 Å². The van der Waals surface area contributed by atoms with Gasteiger partial charge in [-0.2, -0.15) is 0 Å². The average molecular weight is 302 g/mol. The van der Waals surface area contributed by atoms with E-state index in [1.54, 1.807) is 6.92 Å². The zero-order chi connectivity index (χ0) is 16.1. The number of nitrogens with one attached hydrogen (secondary N) is 1. The lowest BCUT2D eigenvalue weighted by Gasteiger charge is -2.19. The number of hydrogen-bond acceptors (Lipinski definition) is 4. The van der Waals surface area contributed by atoms with Crippen molar-refractivity contribution in [2.75, 3.05) is 0 Å². The first-order valence-corrected chi connectivity index (χ1v) is 7.08. The molecular formula is C16H18N2O4. The molecule has 2 N–H and O–H groups in total. The minimum absolute atomic E-state index is 0.00611. The maximum Gasteiger partial charge on any atom is 0.326 e. The molecule has 1 amide bonds. The minimum atomic E-state index is -1.06. The van der Waals surface area contributed by atoms with Gasteiger partial charge in [-0.25, -0.2) is 4.79 Å². The van der Waals surface area contributed by atoms with Crippen molar-refractivity contribution in [2.45, 2.75) is 26.3 Å². The van der Waals surface area contributed by atoms with Gasteiger partial charge in [-0.15, -0.1) is 0 Å². The maximum absolute atomic E-state index is 12.1. The van der Waals surface area contributed by atoms with Gasteiger partial charge in [0.05, 0.1) is 0 Å². The quantitative estimate of drug-likeness (QED) is 0.855. The Balaban J connectivity index is 2.13. The van der Waals surface area contributed by atoms with Crippen molar-refractivity contribution in [1.82, 2.24) is 10.5 Å². The van der Waals surface area contributed by atoms with Crippen LogP contribution < -0.4 is 5.32 Å². The highest BCUT2D eigenvalue weighted by Crippen LogP contribution is 2.19. The van der Waals surface area contributed by atoms with Crippen LogP contribution in [0.3, 0.4) is 0 Å². The van der Waals surface area contributed by atoms with Gasteiger partial charge in [-0.05, 0) is 5.92 Å². The second kappa shape index (κ2) is 6.89. The molecule has 0 spiro atoms. The molecule has 2 atom stereocenters. The Bertz CT molecular complexity index is 651. The number of aliphatic carboxylic acids is 1. The van der Waals surface area contributed by atoms with E-state index in [0.717, 1.165) is 5.56 Å². The Hall–Kier alpha value is -2.63. The number of nitrogens with zero attached hydrogens (tertiary/aromatic N) is 1. The maximum atomic E-state index is 12.1. The van der Waals surface area contributed by atoms with E-state index in [0.29, 0.717) is 12.1 Å². The molecule has 0 aliphatic carbocycles. The summed E-state index contributed by atoms with van der Waals surface area (Å²) in [4.78, 5) is 23.3. The Morgan fingerprint density at radius 3 is 2.59 bits per heavy atom. The summed E-state index contributed by atoms with van der Waals surface area (Å²) in [6.07, 6.45) is 0.642. The zero-order valence-electron chi connectivity index (χ0n) is 12.4. The summed E-state index contributed by atoms with van der Waals surface area (Å²) in [6.45, 7) is 3.64. The van der Waals surface area contributed by atoms with Crippen molar-refractivity contribution in [3.8, 4) is 11.3 Å². The fourth-order valence-corrected chi connectivity index (χ4v) is 2.02. The second-order valence-corrected chi connectivity index (χ2v) is 5.12. The molecule has 6 heteroatoms. The van der Waals surface area contributed by atoms with Crippen molar-refractivity contribution in [1.29, 1.82) is 0 Å². The van der Waals surface area contributed by atoms with Gasteiger partial charge in [-0.1, -0.05) is 55.8 Å². The summed E-state index contributed by atoms with van der Waals surface area (Å²) in [5.74, 6) is -1.83. The highest BCUT2D eigenvalue weighted by molar-refractivity contribution is 5.95. The molecule has 2 aromatic rings. The van der Waals surface area contributed by atoms with Gasteiger partial charge >= 0.3 is 5.97 Å². The number of carbonyl (C=O) groups excluding carboxylic acids is 1. The van der Waals surface area contributed by atoms with Gasteiger partial charge < -0.3 is 14.9 Å². The van der Waals surface area contributed by atoms with Crippen LogP contribution in [0.2, 0.25) is 0 Å². The van der Waals surface area contributed by atoms with E-state index in [9.17, 15) is 14.7 Å². The Morgan fingerprint density at radius 2 is 2.00 bits per heavy atom. The van der Waals surface area contributed by atoms with E-state index in [2.05, 4.69) is 10.5 Å². The third-order valence-electron chi connectivity index (χ3n) is 3.57. The normalized spacial score (nSPS) is 13.4. The number of hydrogen-bond donors (Lipinski definition) is 2. The van der Waals surface area contributed by atoms with Gasteiger partial charge in [0, 0.05) is 11.6 Å². The molecule has 0 fully saturated rings. The monoisotopic (exact) mass is 302 g/mol. The molecule has 0 aliphatic heterocycles. The Morgan fingerprint density at radius 1 is 1.32 bits per heavy atom. The van der Waals surface area contributed by atoms with Gasteiger partial charge in [0.15, 0.2) is 0 Å². The lowest BCUT2D eigenvalue weighted by Crippen LogP contribution is -2.44. The summed E-state index contributed by atoms with van der Waals surface area (Å²) < 4.78 is 5.02. The topological polar surface area (TPSA) is 92.4 Å². The van der Waals surface area contributed by atoms with E-state index in [1.807, 2.05) is 37.3 Å². The van der Waals surface area contributed by atoms with Gasteiger partial charge in [0.2, 0.25) is 5.76 Å². The third-order valence-corrected chi connectivity index (χ3v) is 3.57. The molecule has 6 nitrogen and oxygen atoms in total. The van der Waals surface area contributed by atoms with E-state index in [-0.39, 0.29) is 11.7 Å². The molecule has 116 valence electrons. The molecule has 2 rings (SSSR count). The van der Waals surface area contributed by atoms with Gasteiger partial charge in [0.1, 0.15) is 11.7 Å². The lowest BCUT2D eigenvalue weighted by molar-refractivity contribution is -0.140. The molecule has 1 heterocycles. The van der Waals surface area contributed by atoms with Crippen molar-refractivity contribution >= 4 is 11.9 Å². The Labute approximate surface area is 128 Å². The van der Waals surface area contributed by atoms with Crippen LogP contribution >= 0.6 is 0 Å². The van der Waals surface area contributed by atoms with Crippen LogP contribution in [0.1, 0.15) is 30.8 Å². The first-order valence-electron chi connectivity index (χ1n) is 7.08. The number of carboxylic acid groups (broad SMARTS) is 1. The van der Waals surface area contributed by atoms with E-state index in [1.165, 1.54) is 6.07 Å². The third kappa shape index (κ3) is 3.52. The van der Waals surface area contributed by atoms with Crippen LogP contribution in [0, 0.1) is 5.92 Å². The fourth-order valence-electron chi connectivity index (χ4n) is 2.02. The molecule has 0 aliphatic rings. The number of carboxylic acids is 1. The van der Waals surface area contributed by atoms with Crippen molar-refractivity contribution < 1.29 is 19.2 Å². The predicted octanol–water partition coefficient (Wildman–Crippen LogP) is 2.57. The molecule has 0 saturated heterocycles. The molecule has 0 bridgehead atoms. The van der Waals surface area contributed by atoms with Crippen molar-refractivity contribution in [3.63, 3.8) is 0 Å². The molecule has 1 aromatic heterocycles. The van der Waals surface area contributed by atoms with Crippen LogP contribution in [0.4, 0.5) is 0 Å². The molecule has 2 unspecified atom stereocenters. The van der Waals surface area contributed by atoms with Crippen LogP contribution in [0.5, 0.6) is 0 Å². The van der Waals surface area contributed by atoms with Crippen LogP contribution in [-0.2, 0) is 4.79 Å². The summed E-state index contributed by atoms with van der Waals surface area (Å²) in [7, 11) is 0. The predicted molar refractivity (Wildman–Crippen MR) is 80.3 cm³/mol. The second-order valence-electron chi connectivity index (χ2n) is 5.12. The first-order chi connectivity index (χ1) is 10.5. The molecule has 22 heavy (non-hydrogen) atoms. The fraction of sp³-hybridized carbons (Fsp3) is 0.312. The van der Waals surface area contributed by atoms with Crippen molar-refractivity contribution in [3.05, 3.63) is 42.2 Å². The van der Waals surface area contributed by atoms with Crippen LogP contribution in [-0.4, -0.2) is 28.2 Å². The molecule has 0 saturated carbocycles. The summed E-state index contributed by atoms with van der Waals surface area (Å²) in [5, 5.41) is 15.5. The number of benzene rings is 1. The largest absolute Gasteiger partial charge is 0.480 e. The Kier molecular flexibility index (Phi) is 4.93. The molecular weight excluding hydrogens is 284 g/mol. The van der Waals surface area contributed by atoms with Crippen molar-refractivity contribution in [2.24, 2.45) is 5.92 Å². The number of rotatable bonds is 6. The highest BCUT2D eigenvalue weighted by Gasteiger charge is 2.27. The summed E-state index contributed by atoms with van der Waals surface area (Å²) in [5.41, 5.74) is 1.35. The van der Waals surface area contributed by atoms with E-state index < -0.39 is 17.9 Å². The summed E-state index contributed by atoms with van der Waals surface area (Å²) >= 11 is 0. The highest BCUT2D eigenvalue weighted by atomic mass is 16.5. The molecule has 0 radical (unpaired) electrons.